The maximum absolute atomic E-state index is 12.4. The van der Waals surface area contributed by atoms with Crippen molar-refractivity contribution < 1.29 is 4.79 Å². The quantitative estimate of drug-likeness (QED) is 0.834. The van der Waals surface area contributed by atoms with Crippen LogP contribution in [0, 0.1) is 5.41 Å². The number of rotatable bonds is 4. The standard InChI is InChI=1S/C15H28N2O/c1-4-8-13-14(18)17(12(2)16-13)11-15(3)9-6-5-7-10-15/h12-13,16H,4-11H2,1-3H3. The third kappa shape index (κ3) is 2.87. The van der Waals surface area contributed by atoms with Crippen LogP contribution in [0.5, 0.6) is 0 Å². The minimum Gasteiger partial charge on any atom is -0.326 e. The highest BCUT2D eigenvalue weighted by Crippen LogP contribution is 2.37. The molecule has 2 fully saturated rings. The summed E-state index contributed by atoms with van der Waals surface area (Å²) in [6, 6.07) is 0.0668. The molecule has 0 aromatic carbocycles. The molecule has 1 N–H and O–H groups in total. The zero-order valence-electron chi connectivity index (χ0n) is 12.2. The van der Waals surface area contributed by atoms with Crippen LogP contribution in [0.1, 0.15) is 65.7 Å². The maximum atomic E-state index is 12.4. The number of carbonyl (C=O) groups excluding carboxylic acids is 1. The van der Waals surface area contributed by atoms with Crippen molar-refractivity contribution in [1.82, 2.24) is 10.2 Å². The second kappa shape index (κ2) is 5.60. The van der Waals surface area contributed by atoms with E-state index in [9.17, 15) is 4.79 Å². The molecule has 0 aromatic rings. The van der Waals surface area contributed by atoms with Gasteiger partial charge < -0.3 is 4.90 Å². The fourth-order valence-corrected chi connectivity index (χ4v) is 3.53. The number of hydrogen-bond donors (Lipinski definition) is 1. The summed E-state index contributed by atoms with van der Waals surface area (Å²) in [4.78, 5) is 14.5. The van der Waals surface area contributed by atoms with Crippen molar-refractivity contribution in [3.05, 3.63) is 0 Å². The van der Waals surface area contributed by atoms with Crippen molar-refractivity contribution in [1.29, 1.82) is 0 Å². The van der Waals surface area contributed by atoms with Gasteiger partial charge in [0.25, 0.3) is 0 Å². The molecule has 1 saturated carbocycles. The molecule has 1 saturated heterocycles. The fraction of sp³-hybridized carbons (Fsp3) is 0.933. The molecule has 1 amide bonds. The summed E-state index contributed by atoms with van der Waals surface area (Å²) < 4.78 is 0. The van der Waals surface area contributed by atoms with E-state index in [2.05, 4.69) is 31.0 Å². The van der Waals surface area contributed by atoms with Crippen LogP contribution in [-0.2, 0) is 4.79 Å². The minimum atomic E-state index is 0.0668. The summed E-state index contributed by atoms with van der Waals surface area (Å²) in [5, 5.41) is 3.44. The molecule has 3 nitrogen and oxygen atoms in total. The highest BCUT2D eigenvalue weighted by molar-refractivity contribution is 5.84. The van der Waals surface area contributed by atoms with Gasteiger partial charge >= 0.3 is 0 Å². The lowest BCUT2D eigenvalue weighted by Crippen LogP contribution is -2.43. The Hall–Kier alpha value is -0.570. The van der Waals surface area contributed by atoms with Crippen molar-refractivity contribution >= 4 is 5.91 Å². The van der Waals surface area contributed by atoms with E-state index in [1.807, 2.05) is 0 Å². The highest BCUT2D eigenvalue weighted by Gasteiger charge is 2.39. The highest BCUT2D eigenvalue weighted by atomic mass is 16.2. The average Bonchev–Trinajstić information content (AvgIpc) is 2.58. The first-order valence-electron chi connectivity index (χ1n) is 7.62. The molecule has 2 aliphatic rings. The third-order valence-corrected chi connectivity index (χ3v) is 4.68. The van der Waals surface area contributed by atoms with Crippen molar-refractivity contribution in [2.75, 3.05) is 6.54 Å². The summed E-state index contributed by atoms with van der Waals surface area (Å²) in [6.45, 7) is 7.57. The van der Waals surface area contributed by atoms with E-state index in [1.54, 1.807) is 0 Å². The smallest absolute Gasteiger partial charge is 0.241 e. The van der Waals surface area contributed by atoms with Gasteiger partial charge in [-0.25, -0.2) is 0 Å². The van der Waals surface area contributed by atoms with Crippen LogP contribution in [0.25, 0.3) is 0 Å². The summed E-state index contributed by atoms with van der Waals surface area (Å²) in [5.41, 5.74) is 0.352. The number of carbonyl (C=O) groups is 1. The van der Waals surface area contributed by atoms with Gasteiger partial charge in [-0.2, -0.15) is 0 Å². The Morgan fingerprint density at radius 3 is 2.61 bits per heavy atom. The van der Waals surface area contributed by atoms with Gasteiger partial charge in [0.05, 0.1) is 12.2 Å². The summed E-state index contributed by atoms with van der Waals surface area (Å²) >= 11 is 0. The monoisotopic (exact) mass is 252 g/mol. The molecule has 0 aromatic heterocycles. The maximum Gasteiger partial charge on any atom is 0.241 e. The van der Waals surface area contributed by atoms with Gasteiger partial charge in [-0.1, -0.05) is 39.5 Å². The minimum absolute atomic E-state index is 0.0668. The van der Waals surface area contributed by atoms with Crippen molar-refractivity contribution in [2.45, 2.75) is 77.9 Å². The van der Waals surface area contributed by atoms with Gasteiger partial charge in [-0.05, 0) is 31.6 Å². The van der Waals surface area contributed by atoms with Crippen LogP contribution in [0.3, 0.4) is 0 Å². The Morgan fingerprint density at radius 2 is 2.00 bits per heavy atom. The molecule has 2 unspecified atom stereocenters. The molecule has 2 rings (SSSR count). The molecule has 0 bridgehead atoms. The molecule has 0 spiro atoms. The lowest BCUT2D eigenvalue weighted by atomic mass is 9.75. The van der Waals surface area contributed by atoms with Gasteiger partial charge in [0.1, 0.15) is 0 Å². The Balaban J connectivity index is 1.98. The van der Waals surface area contributed by atoms with Gasteiger partial charge in [-0.3, -0.25) is 10.1 Å². The summed E-state index contributed by atoms with van der Waals surface area (Å²) in [6.07, 6.45) is 8.85. The van der Waals surface area contributed by atoms with E-state index in [1.165, 1.54) is 32.1 Å². The van der Waals surface area contributed by atoms with Gasteiger partial charge in [0.15, 0.2) is 0 Å². The van der Waals surface area contributed by atoms with Gasteiger partial charge in [0, 0.05) is 6.54 Å². The topological polar surface area (TPSA) is 32.3 Å². The SMILES string of the molecule is CCCC1NC(C)N(CC2(C)CCCCC2)C1=O. The predicted molar refractivity (Wildman–Crippen MR) is 74.2 cm³/mol. The molecule has 3 heteroatoms. The average molecular weight is 252 g/mol. The number of nitrogens with zero attached hydrogens (tertiary/aromatic N) is 1. The predicted octanol–water partition coefficient (Wildman–Crippen LogP) is 2.90. The largest absolute Gasteiger partial charge is 0.326 e. The first-order valence-corrected chi connectivity index (χ1v) is 7.62. The molecule has 1 aliphatic heterocycles. The Bertz CT molecular complexity index is 297. The fourth-order valence-electron chi connectivity index (χ4n) is 3.53. The van der Waals surface area contributed by atoms with E-state index in [-0.39, 0.29) is 12.2 Å². The second-order valence-electron chi connectivity index (χ2n) is 6.52. The van der Waals surface area contributed by atoms with E-state index in [4.69, 9.17) is 0 Å². The van der Waals surface area contributed by atoms with E-state index in [0.717, 1.165) is 19.4 Å². The molecule has 18 heavy (non-hydrogen) atoms. The Kier molecular flexibility index (Phi) is 4.31. The van der Waals surface area contributed by atoms with Crippen molar-refractivity contribution in [3.8, 4) is 0 Å². The molecule has 2 atom stereocenters. The molecule has 0 radical (unpaired) electrons. The van der Waals surface area contributed by atoms with Gasteiger partial charge in [0.2, 0.25) is 5.91 Å². The van der Waals surface area contributed by atoms with Crippen LogP contribution in [-0.4, -0.2) is 29.6 Å². The first kappa shape index (κ1) is 13.9. The Labute approximate surface area is 111 Å². The first-order chi connectivity index (χ1) is 8.56. The second-order valence-corrected chi connectivity index (χ2v) is 6.52. The number of hydrogen-bond acceptors (Lipinski definition) is 2. The molecular weight excluding hydrogens is 224 g/mol. The normalized spacial score (nSPS) is 31.9. The summed E-state index contributed by atoms with van der Waals surface area (Å²) in [5.74, 6) is 0.330. The van der Waals surface area contributed by atoms with Crippen LogP contribution in [0.15, 0.2) is 0 Å². The third-order valence-electron chi connectivity index (χ3n) is 4.68. The van der Waals surface area contributed by atoms with E-state index < -0.39 is 0 Å². The van der Waals surface area contributed by atoms with Crippen LogP contribution in [0.2, 0.25) is 0 Å². The van der Waals surface area contributed by atoms with E-state index >= 15 is 0 Å². The zero-order chi connectivity index (χ0) is 13.2. The van der Waals surface area contributed by atoms with Crippen LogP contribution >= 0.6 is 0 Å². The number of amides is 1. The molecule has 1 aliphatic carbocycles. The van der Waals surface area contributed by atoms with Crippen LogP contribution in [0.4, 0.5) is 0 Å². The molecule has 1 heterocycles. The summed E-state index contributed by atoms with van der Waals surface area (Å²) in [7, 11) is 0. The van der Waals surface area contributed by atoms with E-state index in [0.29, 0.717) is 11.3 Å². The number of nitrogens with one attached hydrogen (secondary N) is 1. The lowest BCUT2D eigenvalue weighted by Gasteiger charge is -2.38. The van der Waals surface area contributed by atoms with Crippen LogP contribution < -0.4 is 5.32 Å². The lowest BCUT2D eigenvalue weighted by molar-refractivity contribution is -0.131. The van der Waals surface area contributed by atoms with Crippen molar-refractivity contribution in [2.24, 2.45) is 5.41 Å². The molecular formula is C15H28N2O. The molecule has 104 valence electrons. The van der Waals surface area contributed by atoms with Crippen molar-refractivity contribution in [3.63, 3.8) is 0 Å². The van der Waals surface area contributed by atoms with Gasteiger partial charge in [-0.15, -0.1) is 0 Å². The zero-order valence-corrected chi connectivity index (χ0v) is 12.2. The Morgan fingerprint density at radius 1 is 1.33 bits per heavy atom.